The average Bonchev–Trinajstić information content (AvgIpc) is 2.55. The molecule has 124 valence electrons. The Balaban J connectivity index is 0.00000264. The summed E-state index contributed by atoms with van der Waals surface area (Å²) in [4.78, 5) is 12.6. The molecule has 6 nitrogen and oxygen atoms in total. The first-order chi connectivity index (χ1) is 10.7. The van der Waals surface area contributed by atoms with E-state index in [9.17, 15) is 0 Å². The number of hydrogen-bond acceptors (Lipinski definition) is 4. The second-order valence-electron chi connectivity index (χ2n) is 4.72. The minimum absolute atomic E-state index is 0. The maximum Gasteiger partial charge on any atom is 0.191 e. The van der Waals surface area contributed by atoms with Crippen LogP contribution < -0.4 is 15.4 Å². The van der Waals surface area contributed by atoms with Crippen molar-refractivity contribution in [3.05, 3.63) is 53.6 Å². The summed E-state index contributed by atoms with van der Waals surface area (Å²) in [5.41, 5.74) is 2.08. The van der Waals surface area contributed by atoms with Crippen molar-refractivity contribution < 1.29 is 4.74 Å². The summed E-state index contributed by atoms with van der Waals surface area (Å²) in [6.07, 6.45) is 1.76. The minimum atomic E-state index is 0. The molecular weight excluding hydrogens is 405 g/mol. The van der Waals surface area contributed by atoms with E-state index < -0.39 is 0 Å². The quantitative estimate of drug-likeness (QED) is 0.435. The van der Waals surface area contributed by atoms with E-state index in [1.54, 1.807) is 20.4 Å². The van der Waals surface area contributed by atoms with Crippen LogP contribution in [0.3, 0.4) is 0 Å². The van der Waals surface area contributed by atoms with Gasteiger partial charge in [0.1, 0.15) is 11.6 Å². The number of aryl methyl sites for hydroxylation is 1. The van der Waals surface area contributed by atoms with Gasteiger partial charge in [-0.3, -0.25) is 4.99 Å². The second kappa shape index (κ2) is 9.98. The number of ether oxygens (including phenoxy) is 1. The maximum absolute atomic E-state index is 5.14. The Kier molecular flexibility index (Phi) is 8.31. The van der Waals surface area contributed by atoms with Gasteiger partial charge < -0.3 is 15.4 Å². The van der Waals surface area contributed by atoms with Crippen molar-refractivity contribution in [1.82, 2.24) is 20.6 Å². The third-order valence-corrected chi connectivity index (χ3v) is 3.11. The van der Waals surface area contributed by atoms with Crippen LogP contribution in [0.4, 0.5) is 0 Å². The van der Waals surface area contributed by atoms with Gasteiger partial charge in [-0.2, -0.15) is 0 Å². The zero-order valence-corrected chi connectivity index (χ0v) is 15.9. The molecule has 0 unspecified atom stereocenters. The number of halogens is 1. The van der Waals surface area contributed by atoms with Crippen LogP contribution in [-0.2, 0) is 13.1 Å². The molecule has 0 aliphatic carbocycles. The van der Waals surface area contributed by atoms with E-state index in [2.05, 4.69) is 25.6 Å². The van der Waals surface area contributed by atoms with Crippen LogP contribution in [0, 0.1) is 6.92 Å². The zero-order valence-electron chi connectivity index (χ0n) is 13.5. The fourth-order valence-corrected chi connectivity index (χ4v) is 1.93. The number of rotatable bonds is 5. The SMILES string of the molecule is CN=C(NCc1ccc(OC)cc1)NCc1ccnc(C)n1.I. The first kappa shape index (κ1) is 19.1. The van der Waals surface area contributed by atoms with E-state index in [-0.39, 0.29) is 24.0 Å². The molecule has 2 aromatic rings. The van der Waals surface area contributed by atoms with Crippen LogP contribution in [0.1, 0.15) is 17.1 Å². The van der Waals surface area contributed by atoms with Gasteiger partial charge >= 0.3 is 0 Å². The number of benzene rings is 1. The molecule has 23 heavy (non-hydrogen) atoms. The third kappa shape index (κ3) is 6.39. The van der Waals surface area contributed by atoms with Gasteiger partial charge in [-0.05, 0) is 30.7 Å². The summed E-state index contributed by atoms with van der Waals surface area (Å²) in [7, 11) is 3.41. The molecule has 0 aliphatic heterocycles. The number of aliphatic imine (C=N–C) groups is 1. The molecule has 1 aromatic carbocycles. The van der Waals surface area contributed by atoms with Crippen molar-refractivity contribution >= 4 is 29.9 Å². The average molecular weight is 427 g/mol. The Hall–Kier alpha value is -1.90. The van der Waals surface area contributed by atoms with Crippen LogP contribution in [-0.4, -0.2) is 30.1 Å². The van der Waals surface area contributed by atoms with Crippen molar-refractivity contribution in [3.63, 3.8) is 0 Å². The standard InChI is InChI=1S/C16H21N5O.HI/c1-12-18-9-8-14(21-12)11-20-16(17-2)19-10-13-4-6-15(22-3)7-5-13;/h4-9H,10-11H2,1-3H3,(H2,17,19,20);1H. The first-order valence-corrected chi connectivity index (χ1v) is 7.07. The first-order valence-electron chi connectivity index (χ1n) is 7.07. The lowest BCUT2D eigenvalue weighted by atomic mass is 10.2. The highest BCUT2D eigenvalue weighted by Crippen LogP contribution is 2.10. The van der Waals surface area contributed by atoms with Gasteiger partial charge in [-0.1, -0.05) is 12.1 Å². The van der Waals surface area contributed by atoms with Gasteiger partial charge in [0.2, 0.25) is 0 Å². The Morgan fingerprint density at radius 2 is 1.83 bits per heavy atom. The lowest BCUT2D eigenvalue weighted by Gasteiger charge is -2.12. The van der Waals surface area contributed by atoms with Crippen LogP contribution in [0.2, 0.25) is 0 Å². The molecule has 1 heterocycles. The van der Waals surface area contributed by atoms with Crippen molar-refractivity contribution in [2.45, 2.75) is 20.0 Å². The van der Waals surface area contributed by atoms with E-state index in [0.29, 0.717) is 13.1 Å². The highest BCUT2D eigenvalue weighted by molar-refractivity contribution is 14.0. The molecule has 0 aliphatic rings. The van der Waals surface area contributed by atoms with Gasteiger partial charge in [0.05, 0.1) is 19.3 Å². The van der Waals surface area contributed by atoms with E-state index in [0.717, 1.165) is 28.8 Å². The Morgan fingerprint density at radius 3 is 2.43 bits per heavy atom. The predicted octanol–water partition coefficient (Wildman–Crippen LogP) is 2.28. The molecule has 0 radical (unpaired) electrons. The van der Waals surface area contributed by atoms with Crippen LogP contribution in [0.15, 0.2) is 41.5 Å². The van der Waals surface area contributed by atoms with Crippen molar-refractivity contribution in [2.24, 2.45) is 4.99 Å². The highest BCUT2D eigenvalue weighted by Gasteiger charge is 2.01. The molecule has 0 bridgehead atoms. The Labute approximate surface area is 153 Å². The molecule has 2 N–H and O–H groups in total. The molecular formula is C16H22IN5O. The monoisotopic (exact) mass is 427 g/mol. The minimum Gasteiger partial charge on any atom is -0.497 e. The molecule has 2 rings (SSSR count). The summed E-state index contributed by atoms with van der Waals surface area (Å²) < 4.78 is 5.14. The van der Waals surface area contributed by atoms with Gasteiger partial charge in [0, 0.05) is 19.8 Å². The van der Waals surface area contributed by atoms with Crippen LogP contribution in [0.25, 0.3) is 0 Å². The molecule has 1 aromatic heterocycles. The van der Waals surface area contributed by atoms with Gasteiger partial charge in [-0.25, -0.2) is 9.97 Å². The maximum atomic E-state index is 5.14. The Bertz CT molecular complexity index is 631. The number of nitrogens with one attached hydrogen (secondary N) is 2. The predicted molar refractivity (Wildman–Crippen MR) is 102 cm³/mol. The number of aromatic nitrogens is 2. The van der Waals surface area contributed by atoms with E-state index >= 15 is 0 Å². The molecule has 0 spiro atoms. The summed E-state index contributed by atoms with van der Waals surface area (Å²) in [5.74, 6) is 2.35. The molecule has 0 amide bonds. The zero-order chi connectivity index (χ0) is 15.8. The lowest BCUT2D eigenvalue weighted by molar-refractivity contribution is 0.414. The van der Waals surface area contributed by atoms with Crippen molar-refractivity contribution in [3.8, 4) is 5.75 Å². The molecule has 0 saturated carbocycles. The van der Waals surface area contributed by atoms with E-state index in [1.165, 1.54) is 0 Å². The van der Waals surface area contributed by atoms with E-state index in [4.69, 9.17) is 4.74 Å². The van der Waals surface area contributed by atoms with Crippen LogP contribution in [0.5, 0.6) is 5.75 Å². The highest BCUT2D eigenvalue weighted by atomic mass is 127. The van der Waals surface area contributed by atoms with Crippen molar-refractivity contribution in [1.29, 1.82) is 0 Å². The second-order valence-corrected chi connectivity index (χ2v) is 4.72. The molecule has 7 heteroatoms. The topological polar surface area (TPSA) is 71.4 Å². The summed E-state index contributed by atoms with van der Waals surface area (Å²) in [6, 6.07) is 9.81. The largest absolute Gasteiger partial charge is 0.497 e. The van der Waals surface area contributed by atoms with Gasteiger partial charge in [0.15, 0.2) is 5.96 Å². The molecule has 0 atom stereocenters. The number of methoxy groups -OCH3 is 1. The smallest absolute Gasteiger partial charge is 0.191 e. The van der Waals surface area contributed by atoms with Gasteiger partial charge in [0.25, 0.3) is 0 Å². The number of hydrogen-bond donors (Lipinski definition) is 2. The normalized spacial score (nSPS) is 10.7. The van der Waals surface area contributed by atoms with Gasteiger partial charge in [-0.15, -0.1) is 24.0 Å². The van der Waals surface area contributed by atoms with Crippen LogP contribution >= 0.6 is 24.0 Å². The fraction of sp³-hybridized carbons (Fsp3) is 0.312. The van der Waals surface area contributed by atoms with E-state index in [1.807, 2.05) is 37.3 Å². The summed E-state index contributed by atoms with van der Waals surface area (Å²) >= 11 is 0. The summed E-state index contributed by atoms with van der Waals surface area (Å²) in [6.45, 7) is 3.17. The number of nitrogens with zero attached hydrogens (tertiary/aromatic N) is 3. The van der Waals surface area contributed by atoms with Crippen molar-refractivity contribution in [2.75, 3.05) is 14.2 Å². The number of guanidine groups is 1. The Morgan fingerprint density at radius 1 is 1.13 bits per heavy atom. The summed E-state index contributed by atoms with van der Waals surface area (Å²) in [5, 5.41) is 6.49. The fourth-order valence-electron chi connectivity index (χ4n) is 1.93. The third-order valence-electron chi connectivity index (χ3n) is 3.11. The molecule has 0 fully saturated rings. The lowest BCUT2D eigenvalue weighted by Crippen LogP contribution is -2.36. The molecule has 0 saturated heterocycles.